The maximum atomic E-state index is 11.0. The van der Waals surface area contributed by atoms with E-state index < -0.39 is 5.97 Å². The molecule has 2 rings (SSSR count). The van der Waals surface area contributed by atoms with Crippen LogP contribution in [0.1, 0.15) is 15.9 Å². The number of likely N-dealkylation sites (N-methyl/N-ethyl adjacent to an activating group) is 1. The third-order valence-corrected chi connectivity index (χ3v) is 2.49. The second-order valence-electron chi connectivity index (χ2n) is 3.69. The Morgan fingerprint density at radius 1 is 1.53 bits per heavy atom. The van der Waals surface area contributed by atoms with E-state index in [4.69, 9.17) is 9.84 Å². The number of hydrogen-bond acceptors (Lipinski definition) is 3. The normalized spacial score (nSPS) is 16.3. The first kappa shape index (κ1) is 9.98. The molecule has 0 aromatic heterocycles. The minimum atomic E-state index is -0.934. The van der Waals surface area contributed by atoms with Gasteiger partial charge in [0.05, 0.1) is 0 Å². The summed E-state index contributed by atoms with van der Waals surface area (Å²) in [7, 11) is 1.99. The molecule has 1 aromatic rings. The van der Waals surface area contributed by atoms with Gasteiger partial charge in [-0.1, -0.05) is 12.1 Å². The van der Waals surface area contributed by atoms with E-state index in [0.29, 0.717) is 12.4 Å². The average Bonchev–Trinajstić information content (AvgIpc) is 2.37. The van der Waals surface area contributed by atoms with Gasteiger partial charge < -0.3 is 9.84 Å². The summed E-state index contributed by atoms with van der Waals surface area (Å²) in [6.07, 6.45) is 0. The van der Waals surface area contributed by atoms with E-state index in [9.17, 15) is 4.79 Å². The number of fused-ring (bicyclic) bond motifs is 1. The van der Waals surface area contributed by atoms with Gasteiger partial charge >= 0.3 is 5.97 Å². The maximum absolute atomic E-state index is 11.0. The summed E-state index contributed by atoms with van der Waals surface area (Å²) in [5, 5.41) is 9.00. The lowest BCUT2D eigenvalue weighted by Gasteiger charge is -2.11. The summed E-state index contributed by atoms with van der Waals surface area (Å²) in [6.45, 7) is 2.08. The first-order valence-electron chi connectivity index (χ1n) is 4.85. The lowest BCUT2D eigenvalue weighted by atomic mass is 10.1. The van der Waals surface area contributed by atoms with Crippen molar-refractivity contribution in [2.24, 2.45) is 0 Å². The van der Waals surface area contributed by atoms with Gasteiger partial charge in [-0.15, -0.1) is 0 Å². The number of carbonyl (C=O) groups is 1. The third kappa shape index (κ3) is 1.94. The average molecular weight is 207 g/mol. The van der Waals surface area contributed by atoms with Crippen LogP contribution in [0.5, 0.6) is 5.75 Å². The highest BCUT2D eigenvalue weighted by Gasteiger charge is 2.18. The van der Waals surface area contributed by atoms with Crippen molar-refractivity contribution >= 4 is 5.97 Å². The number of nitrogens with zero attached hydrogens (tertiary/aromatic N) is 1. The first-order chi connectivity index (χ1) is 7.18. The molecule has 4 nitrogen and oxygen atoms in total. The van der Waals surface area contributed by atoms with E-state index in [0.717, 1.165) is 18.7 Å². The van der Waals surface area contributed by atoms with E-state index >= 15 is 0 Å². The molecule has 1 aromatic carbocycles. The Balaban J connectivity index is 2.46. The molecule has 1 aliphatic heterocycles. The van der Waals surface area contributed by atoms with Gasteiger partial charge in [0.25, 0.3) is 0 Å². The fourth-order valence-corrected chi connectivity index (χ4v) is 1.72. The molecule has 1 aliphatic rings. The number of carboxylic acid groups (broad SMARTS) is 1. The number of benzene rings is 1. The van der Waals surface area contributed by atoms with Crippen molar-refractivity contribution in [2.75, 3.05) is 20.2 Å². The summed E-state index contributed by atoms with van der Waals surface area (Å²) in [5.41, 5.74) is 1.19. The van der Waals surface area contributed by atoms with Crippen molar-refractivity contribution in [1.29, 1.82) is 0 Å². The highest BCUT2D eigenvalue weighted by atomic mass is 16.5. The van der Waals surface area contributed by atoms with Crippen LogP contribution in [0.25, 0.3) is 0 Å². The second kappa shape index (κ2) is 3.90. The molecule has 0 fully saturated rings. The molecule has 15 heavy (non-hydrogen) atoms. The molecule has 0 amide bonds. The molecule has 0 bridgehead atoms. The van der Waals surface area contributed by atoms with Crippen LogP contribution in [-0.2, 0) is 6.54 Å². The predicted octanol–water partition coefficient (Wildman–Crippen LogP) is 1.21. The zero-order valence-electron chi connectivity index (χ0n) is 8.56. The summed E-state index contributed by atoms with van der Waals surface area (Å²) in [4.78, 5) is 13.1. The van der Waals surface area contributed by atoms with Gasteiger partial charge in [-0.05, 0) is 13.1 Å². The SMILES string of the molecule is CN1CCOc2c(cccc2C(=O)O)C1. The van der Waals surface area contributed by atoms with Crippen molar-refractivity contribution in [3.63, 3.8) is 0 Å². The Hall–Kier alpha value is -1.55. The summed E-state index contributed by atoms with van der Waals surface area (Å²) in [5.74, 6) is -0.411. The van der Waals surface area contributed by atoms with Crippen molar-refractivity contribution in [3.8, 4) is 5.75 Å². The molecular formula is C11H13NO3. The molecule has 0 aliphatic carbocycles. The van der Waals surface area contributed by atoms with Crippen LogP contribution in [0.3, 0.4) is 0 Å². The van der Waals surface area contributed by atoms with Gasteiger partial charge in [0.2, 0.25) is 0 Å². The van der Waals surface area contributed by atoms with Crippen LogP contribution in [0.2, 0.25) is 0 Å². The zero-order chi connectivity index (χ0) is 10.8. The van der Waals surface area contributed by atoms with Crippen molar-refractivity contribution in [2.45, 2.75) is 6.54 Å². The van der Waals surface area contributed by atoms with Gasteiger partial charge in [-0.25, -0.2) is 4.79 Å². The Morgan fingerprint density at radius 2 is 2.33 bits per heavy atom. The predicted molar refractivity (Wildman–Crippen MR) is 55.2 cm³/mol. The maximum Gasteiger partial charge on any atom is 0.339 e. The van der Waals surface area contributed by atoms with Gasteiger partial charge in [0.1, 0.15) is 17.9 Å². The summed E-state index contributed by atoms with van der Waals surface area (Å²) >= 11 is 0. The highest BCUT2D eigenvalue weighted by Crippen LogP contribution is 2.27. The lowest BCUT2D eigenvalue weighted by Crippen LogP contribution is -2.20. The minimum absolute atomic E-state index is 0.253. The number of carboxylic acids is 1. The Morgan fingerprint density at radius 3 is 3.07 bits per heavy atom. The molecule has 1 heterocycles. The van der Waals surface area contributed by atoms with E-state index in [1.165, 1.54) is 0 Å². The van der Waals surface area contributed by atoms with Crippen LogP contribution in [0, 0.1) is 0 Å². The Labute approximate surface area is 88.1 Å². The Bertz CT molecular complexity index is 389. The minimum Gasteiger partial charge on any atom is -0.491 e. The molecule has 0 saturated carbocycles. The largest absolute Gasteiger partial charge is 0.491 e. The third-order valence-electron chi connectivity index (χ3n) is 2.49. The van der Waals surface area contributed by atoms with Crippen LogP contribution < -0.4 is 4.74 Å². The molecule has 1 N–H and O–H groups in total. The van der Waals surface area contributed by atoms with E-state index in [1.807, 2.05) is 13.1 Å². The van der Waals surface area contributed by atoms with Gasteiger partial charge in [0.15, 0.2) is 0 Å². The fraction of sp³-hybridized carbons (Fsp3) is 0.364. The van der Waals surface area contributed by atoms with Crippen molar-refractivity contribution in [1.82, 2.24) is 4.90 Å². The molecular weight excluding hydrogens is 194 g/mol. The zero-order valence-corrected chi connectivity index (χ0v) is 8.56. The number of ether oxygens (including phenoxy) is 1. The quantitative estimate of drug-likeness (QED) is 0.752. The molecule has 0 spiro atoms. The van der Waals surface area contributed by atoms with Crippen molar-refractivity contribution in [3.05, 3.63) is 29.3 Å². The van der Waals surface area contributed by atoms with Gasteiger partial charge in [-0.3, -0.25) is 4.90 Å². The molecule has 80 valence electrons. The highest BCUT2D eigenvalue weighted by molar-refractivity contribution is 5.91. The smallest absolute Gasteiger partial charge is 0.339 e. The van der Waals surface area contributed by atoms with E-state index in [-0.39, 0.29) is 5.56 Å². The fourth-order valence-electron chi connectivity index (χ4n) is 1.72. The van der Waals surface area contributed by atoms with Crippen LogP contribution in [0.4, 0.5) is 0 Å². The van der Waals surface area contributed by atoms with Crippen molar-refractivity contribution < 1.29 is 14.6 Å². The van der Waals surface area contributed by atoms with E-state index in [2.05, 4.69) is 4.90 Å². The molecule has 4 heteroatoms. The van der Waals surface area contributed by atoms with E-state index in [1.54, 1.807) is 12.1 Å². The van der Waals surface area contributed by atoms with Crippen LogP contribution in [0.15, 0.2) is 18.2 Å². The monoisotopic (exact) mass is 207 g/mol. The molecule has 0 atom stereocenters. The first-order valence-corrected chi connectivity index (χ1v) is 4.85. The number of para-hydroxylation sites is 1. The number of aromatic carboxylic acids is 1. The topological polar surface area (TPSA) is 49.8 Å². The molecule has 0 radical (unpaired) electrons. The lowest BCUT2D eigenvalue weighted by molar-refractivity contribution is 0.0692. The second-order valence-corrected chi connectivity index (χ2v) is 3.69. The molecule has 0 saturated heterocycles. The summed E-state index contributed by atoms with van der Waals surface area (Å²) in [6, 6.07) is 5.24. The standard InChI is InChI=1S/C11H13NO3/c1-12-5-6-15-10-8(7-12)3-2-4-9(10)11(13)14/h2-4H,5-7H2,1H3,(H,13,14). The molecule has 0 unspecified atom stereocenters. The van der Waals surface area contributed by atoms with Gasteiger partial charge in [-0.2, -0.15) is 0 Å². The number of hydrogen-bond donors (Lipinski definition) is 1. The Kier molecular flexibility index (Phi) is 2.60. The van der Waals surface area contributed by atoms with Crippen LogP contribution in [-0.4, -0.2) is 36.2 Å². The number of rotatable bonds is 1. The van der Waals surface area contributed by atoms with Crippen LogP contribution >= 0.6 is 0 Å². The summed E-state index contributed by atoms with van der Waals surface area (Å²) < 4.78 is 5.49. The van der Waals surface area contributed by atoms with Gasteiger partial charge in [0, 0.05) is 18.7 Å².